The van der Waals surface area contributed by atoms with Gasteiger partial charge in [0.05, 0.1) is 26.4 Å². The topological polar surface area (TPSA) is 237 Å². The third kappa shape index (κ3) is 70.5. The molecule has 0 aromatic carbocycles. The predicted molar refractivity (Wildman–Crippen MR) is 391 cm³/mol. The molecule has 96 heavy (non-hydrogen) atoms. The number of esters is 4. The standard InChI is InChI=1S/C77H150O17P2/c1-6-9-12-15-18-21-24-26-28-29-30-31-32-33-35-37-42-47-52-57-62-76(81)93-72(67-88-75(80)61-56-51-46-41-36-34-27-25-22-19-16-13-10-7-2)68-91-95(83,84)89-64-71(78)65-90-96(85,86)92-69-73(66-87-74(79)60-55-50-45-40-23-20-17-14-11-8-3)94-77(82)63-58-53-48-43-38-39-44-49-54-59-70(4)5/h70-73,78H,6-69H2,1-5H3,(H,83,84)(H,85,86)/t71-,72-,73-/m1/s1. The van der Waals surface area contributed by atoms with E-state index in [-0.39, 0.29) is 25.7 Å². The molecule has 0 aromatic heterocycles. The summed E-state index contributed by atoms with van der Waals surface area (Å²) < 4.78 is 68.5. The minimum atomic E-state index is -4.96. The summed E-state index contributed by atoms with van der Waals surface area (Å²) in [7, 11) is -9.91. The van der Waals surface area contributed by atoms with E-state index in [0.29, 0.717) is 25.7 Å². The third-order valence-electron chi connectivity index (χ3n) is 18.0. The molecule has 0 amide bonds. The molecule has 0 aliphatic rings. The van der Waals surface area contributed by atoms with Gasteiger partial charge in [-0.3, -0.25) is 37.3 Å². The van der Waals surface area contributed by atoms with Gasteiger partial charge in [-0.15, -0.1) is 0 Å². The molecule has 3 N–H and O–H groups in total. The average molecular weight is 1410 g/mol. The largest absolute Gasteiger partial charge is 0.472 e. The summed E-state index contributed by atoms with van der Waals surface area (Å²) >= 11 is 0. The summed E-state index contributed by atoms with van der Waals surface area (Å²) in [5.74, 6) is -1.38. The molecule has 2 unspecified atom stereocenters. The first-order valence-electron chi connectivity index (χ1n) is 40.1. The van der Waals surface area contributed by atoms with Crippen LogP contribution in [-0.4, -0.2) is 96.7 Å². The Morgan fingerprint density at radius 1 is 0.281 bits per heavy atom. The lowest BCUT2D eigenvalue weighted by atomic mass is 10.0. The van der Waals surface area contributed by atoms with E-state index in [4.69, 9.17) is 37.0 Å². The van der Waals surface area contributed by atoms with Gasteiger partial charge in [0.1, 0.15) is 19.3 Å². The van der Waals surface area contributed by atoms with E-state index in [2.05, 4.69) is 34.6 Å². The van der Waals surface area contributed by atoms with Crippen LogP contribution in [-0.2, 0) is 65.4 Å². The van der Waals surface area contributed by atoms with Gasteiger partial charge in [0, 0.05) is 25.7 Å². The van der Waals surface area contributed by atoms with E-state index in [1.807, 2.05) is 0 Å². The first-order chi connectivity index (χ1) is 46.5. The molecule has 0 aromatic rings. The number of phosphoric acid groups is 2. The van der Waals surface area contributed by atoms with Crippen LogP contribution in [0.25, 0.3) is 0 Å². The van der Waals surface area contributed by atoms with Gasteiger partial charge in [-0.2, -0.15) is 0 Å². The van der Waals surface area contributed by atoms with Crippen LogP contribution in [0.15, 0.2) is 0 Å². The van der Waals surface area contributed by atoms with Crippen LogP contribution >= 0.6 is 15.6 Å². The molecule has 0 radical (unpaired) electrons. The average Bonchev–Trinajstić information content (AvgIpc) is 1.34. The lowest BCUT2D eigenvalue weighted by molar-refractivity contribution is -0.161. The van der Waals surface area contributed by atoms with Crippen molar-refractivity contribution < 1.29 is 80.2 Å². The van der Waals surface area contributed by atoms with Crippen molar-refractivity contribution in [2.24, 2.45) is 5.92 Å². The Hall–Kier alpha value is -1.94. The molecular weight excluding hydrogens is 1260 g/mol. The van der Waals surface area contributed by atoms with Gasteiger partial charge in [-0.1, -0.05) is 356 Å². The summed E-state index contributed by atoms with van der Waals surface area (Å²) in [6.45, 7) is 7.27. The van der Waals surface area contributed by atoms with Crippen molar-refractivity contribution >= 4 is 39.5 Å². The predicted octanol–water partition coefficient (Wildman–Crippen LogP) is 22.9. The Balaban J connectivity index is 5.21. The molecule has 17 nitrogen and oxygen atoms in total. The van der Waals surface area contributed by atoms with Gasteiger partial charge in [0.25, 0.3) is 0 Å². The monoisotopic (exact) mass is 1410 g/mol. The molecular formula is C77H150O17P2. The van der Waals surface area contributed by atoms with E-state index in [1.54, 1.807) is 0 Å². The summed E-state index contributed by atoms with van der Waals surface area (Å²) in [6, 6.07) is 0. The van der Waals surface area contributed by atoms with Gasteiger partial charge in [0.15, 0.2) is 12.2 Å². The molecule has 0 aliphatic heterocycles. The number of phosphoric ester groups is 2. The number of carbonyl (C=O) groups excluding carboxylic acids is 4. The van der Waals surface area contributed by atoms with Crippen molar-refractivity contribution in [3.8, 4) is 0 Å². The normalized spacial score (nSPS) is 13.9. The van der Waals surface area contributed by atoms with Crippen LogP contribution in [0.2, 0.25) is 0 Å². The van der Waals surface area contributed by atoms with Crippen molar-refractivity contribution in [1.29, 1.82) is 0 Å². The summed E-state index contributed by atoms with van der Waals surface area (Å²) in [5, 5.41) is 10.6. The highest BCUT2D eigenvalue weighted by Crippen LogP contribution is 2.45. The molecule has 0 aliphatic carbocycles. The SMILES string of the molecule is CCCCCCCCCCCCCCCCCCCCCCC(=O)O[C@H](COC(=O)CCCCCCCCCCCCCCCC)COP(=O)(O)OC[C@@H](O)COP(=O)(O)OC[C@@H](COC(=O)CCCCCCCCCCCC)OC(=O)CCCCCCCCCCCC(C)C. The van der Waals surface area contributed by atoms with Crippen molar-refractivity contribution in [3.05, 3.63) is 0 Å². The molecule has 0 saturated carbocycles. The minimum Gasteiger partial charge on any atom is -0.462 e. The lowest BCUT2D eigenvalue weighted by Crippen LogP contribution is -2.30. The fraction of sp³-hybridized carbons (Fsp3) is 0.948. The Bertz CT molecular complexity index is 1840. The number of unbranched alkanes of at least 4 members (excludes halogenated alkanes) is 49. The van der Waals surface area contributed by atoms with Crippen molar-refractivity contribution in [2.45, 2.75) is 425 Å². The zero-order valence-electron chi connectivity index (χ0n) is 62.5. The van der Waals surface area contributed by atoms with E-state index in [1.165, 1.54) is 231 Å². The number of hydrogen-bond acceptors (Lipinski definition) is 15. The highest BCUT2D eigenvalue weighted by atomic mass is 31.2. The van der Waals surface area contributed by atoms with Gasteiger partial charge >= 0.3 is 39.5 Å². The summed E-state index contributed by atoms with van der Waals surface area (Å²) in [5.41, 5.74) is 0. The second kappa shape index (κ2) is 70.1. The Morgan fingerprint density at radius 3 is 0.708 bits per heavy atom. The first-order valence-corrected chi connectivity index (χ1v) is 43.1. The molecule has 5 atom stereocenters. The molecule has 0 fully saturated rings. The van der Waals surface area contributed by atoms with Crippen LogP contribution in [0.1, 0.15) is 407 Å². The maximum absolute atomic E-state index is 13.1. The maximum Gasteiger partial charge on any atom is 0.472 e. The van der Waals surface area contributed by atoms with E-state index >= 15 is 0 Å². The first kappa shape index (κ1) is 94.1. The second-order valence-corrected chi connectivity index (χ2v) is 31.1. The minimum absolute atomic E-state index is 0.106. The molecule has 0 heterocycles. The number of hydrogen-bond donors (Lipinski definition) is 3. The number of carbonyl (C=O) groups is 4. The third-order valence-corrected chi connectivity index (χ3v) is 19.9. The van der Waals surface area contributed by atoms with Gasteiger partial charge in [-0.05, 0) is 31.6 Å². The zero-order chi connectivity index (χ0) is 70.5. The highest BCUT2D eigenvalue weighted by molar-refractivity contribution is 7.47. The molecule has 0 rings (SSSR count). The zero-order valence-corrected chi connectivity index (χ0v) is 64.3. The van der Waals surface area contributed by atoms with Gasteiger partial charge < -0.3 is 33.8 Å². The highest BCUT2D eigenvalue weighted by Gasteiger charge is 2.30. The van der Waals surface area contributed by atoms with Crippen molar-refractivity contribution in [3.63, 3.8) is 0 Å². The molecule has 0 bridgehead atoms. The van der Waals surface area contributed by atoms with Crippen LogP contribution < -0.4 is 0 Å². The fourth-order valence-corrected chi connectivity index (χ4v) is 13.5. The van der Waals surface area contributed by atoms with Crippen LogP contribution in [0, 0.1) is 5.92 Å². The number of ether oxygens (including phenoxy) is 4. The smallest absolute Gasteiger partial charge is 0.462 e. The van der Waals surface area contributed by atoms with Gasteiger partial charge in [-0.25, -0.2) is 9.13 Å². The molecule has 19 heteroatoms. The lowest BCUT2D eigenvalue weighted by Gasteiger charge is -2.21. The van der Waals surface area contributed by atoms with Crippen LogP contribution in [0.5, 0.6) is 0 Å². The van der Waals surface area contributed by atoms with E-state index in [9.17, 15) is 43.2 Å². The van der Waals surface area contributed by atoms with Gasteiger partial charge in [0.2, 0.25) is 0 Å². The second-order valence-electron chi connectivity index (χ2n) is 28.2. The number of aliphatic hydroxyl groups excluding tert-OH is 1. The quantitative estimate of drug-likeness (QED) is 0.0222. The Kier molecular flexibility index (Phi) is 68.7. The summed E-state index contributed by atoms with van der Waals surface area (Å²) in [6.07, 6.45) is 59.7. The Morgan fingerprint density at radius 2 is 0.479 bits per heavy atom. The van der Waals surface area contributed by atoms with Crippen LogP contribution in [0.3, 0.4) is 0 Å². The summed E-state index contributed by atoms with van der Waals surface area (Å²) in [4.78, 5) is 72.8. The van der Waals surface area contributed by atoms with E-state index < -0.39 is 97.5 Å². The Labute approximate surface area is 588 Å². The van der Waals surface area contributed by atoms with Crippen molar-refractivity contribution in [1.82, 2.24) is 0 Å². The number of aliphatic hydroxyl groups is 1. The molecule has 570 valence electrons. The molecule has 0 spiro atoms. The van der Waals surface area contributed by atoms with E-state index in [0.717, 1.165) is 95.8 Å². The van der Waals surface area contributed by atoms with Crippen LogP contribution in [0.4, 0.5) is 0 Å². The fourth-order valence-electron chi connectivity index (χ4n) is 11.9. The molecule has 0 saturated heterocycles. The van der Waals surface area contributed by atoms with Crippen molar-refractivity contribution in [2.75, 3.05) is 39.6 Å². The maximum atomic E-state index is 13.1. The number of rotatable bonds is 77.